The zero-order valence-electron chi connectivity index (χ0n) is 14.7. The van der Waals surface area contributed by atoms with Crippen molar-refractivity contribution in [3.63, 3.8) is 0 Å². The minimum absolute atomic E-state index is 0.198. The summed E-state index contributed by atoms with van der Waals surface area (Å²) in [6.07, 6.45) is 4.13. The number of anilines is 3. The van der Waals surface area contributed by atoms with E-state index in [2.05, 4.69) is 25.6 Å². The molecule has 3 heterocycles. The van der Waals surface area contributed by atoms with Gasteiger partial charge in [0.1, 0.15) is 0 Å². The number of urea groups is 1. The molecule has 146 valence electrons. The van der Waals surface area contributed by atoms with Crippen molar-refractivity contribution in [1.29, 1.82) is 0 Å². The molecule has 0 radical (unpaired) electrons. The van der Waals surface area contributed by atoms with Crippen molar-refractivity contribution in [1.82, 2.24) is 15.0 Å². The minimum atomic E-state index is -2.62. The van der Waals surface area contributed by atoms with E-state index in [1.54, 1.807) is 23.2 Å². The van der Waals surface area contributed by atoms with Crippen LogP contribution in [0.1, 0.15) is 12.8 Å². The molecule has 3 aromatic rings. The third kappa shape index (κ3) is 3.99. The van der Waals surface area contributed by atoms with Crippen LogP contribution in [0.4, 0.5) is 30.9 Å². The standard InChI is InChI=1S/C18H17ClF2N6O/c19-11-1-2-14-13(7-11)15(10-22-14)26-17(28)25-12-8-23-16(24-9-12)27-5-3-18(20,21)4-6-27/h1-2,7-10,22H,3-6H2,(H2,25,26,28). The quantitative estimate of drug-likeness (QED) is 0.598. The lowest BCUT2D eigenvalue weighted by Gasteiger charge is -2.31. The van der Waals surface area contributed by atoms with Gasteiger partial charge in [-0.05, 0) is 18.2 Å². The summed E-state index contributed by atoms with van der Waals surface area (Å²) in [5.41, 5.74) is 1.82. The van der Waals surface area contributed by atoms with Crippen molar-refractivity contribution >= 4 is 45.9 Å². The van der Waals surface area contributed by atoms with Crippen molar-refractivity contribution in [3.8, 4) is 0 Å². The number of benzene rings is 1. The van der Waals surface area contributed by atoms with Crippen molar-refractivity contribution < 1.29 is 13.6 Å². The fraction of sp³-hybridized carbons (Fsp3) is 0.278. The number of H-pyrrole nitrogens is 1. The summed E-state index contributed by atoms with van der Waals surface area (Å²) in [4.78, 5) is 25.3. The maximum absolute atomic E-state index is 13.2. The van der Waals surface area contributed by atoms with Crippen LogP contribution in [0.2, 0.25) is 5.02 Å². The number of aromatic amines is 1. The molecule has 0 bridgehead atoms. The second kappa shape index (κ2) is 7.23. The highest BCUT2D eigenvalue weighted by atomic mass is 35.5. The number of hydrogen-bond donors (Lipinski definition) is 3. The lowest BCUT2D eigenvalue weighted by molar-refractivity contribution is -0.0222. The van der Waals surface area contributed by atoms with Gasteiger partial charge in [0, 0.05) is 48.1 Å². The number of nitrogens with one attached hydrogen (secondary N) is 3. The van der Waals surface area contributed by atoms with Gasteiger partial charge >= 0.3 is 6.03 Å². The van der Waals surface area contributed by atoms with E-state index >= 15 is 0 Å². The SMILES string of the molecule is O=C(Nc1cnc(N2CCC(F)(F)CC2)nc1)Nc1c[nH]c2ccc(Cl)cc12. The second-order valence-corrected chi connectivity index (χ2v) is 7.02. The highest BCUT2D eigenvalue weighted by Crippen LogP contribution is 2.29. The highest BCUT2D eigenvalue weighted by molar-refractivity contribution is 6.31. The van der Waals surface area contributed by atoms with Crippen LogP contribution in [0.3, 0.4) is 0 Å². The molecule has 0 saturated carbocycles. The van der Waals surface area contributed by atoms with Gasteiger partial charge in [-0.15, -0.1) is 0 Å². The fourth-order valence-corrected chi connectivity index (χ4v) is 3.24. The van der Waals surface area contributed by atoms with Gasteiger partial charge in [-0.3, -0.25) is 0 Å². The van der Waals surface area contributed by atoms with Crippen molar-refractivity contribution in [2.75, 3.05) is 28.6 Å². The first-order chi connectivity index (χ1) is 13.4. The zero-order chi connectivity index (χ0) is 19.7. The molecule has 1 aliphatic rings. The Balaban J connectivity index is 1.39. The van der Waals surface area contributed by atoms with Gasteiger partial charge in [-0.2, -0.15) is 0 Å². The summed E-state index contributed by atoms with van der Waals surface area (Å²) in [6.45, 7) is 0.396. The number of halogens is 3. The molecule has 0 unspecified atom stereocenters. The molecule has 2 amide bonds. The van der Waals surface area contributed by atoms with Crippen LogP contribution in [-0.2, 0) is 0 Å². The summed E-state index contributed by atoms with van der Waals surface area (Å²) < 4.78 is 26.5. The number of aromatic nitrogens is 3. The molecule has 28 heavy (non-hydrogen) atoms. The smallest absolute Gasteiger partial charge is 0.323 e. The zero-order valence-corrected chi connectivity index (χ0v) is 15.4. The summed E-state index contributed by atoms with van der Waals surface area (Å²) in [5, 5.41) is 6.73. The van der Waals surface area contributed by atoms with E-state index in [0.717, 1.165) is 10.9 Å². The van der Waals surface area contributed by atoms with Gasteiger partial charge in [0.05, 0.1) is 23.8 Å². The highest BCUT2D eigenvalue weighted by Gasteiger charge is 2.34. The summed E-state index contributed by atoms with van der Waals surface area (Å²) in [6, 6.07) is 4.87. The van der Waals surface area contributed by atoms with E-state index < -0.39 is 12.0 Å². The number of carbonyl (C=O) groups excluding carboxylic acids is 1. The van der Waals surface area contributed by atoms with E-state index in [1.807, 2.05) is 6.07 Å². The molecule has 1 aliphatic heterocycles. The van der Waals surface area contributed by atoms with Gasteiger partial charge < -0.3 is 20.5 Å². The molecule has 0 aliphatic carbocycles. The number of nitrogens with zero attached hydrogens (tertiary/aromatic N) is 3. The predicted octanol–water partition coefficient (Wildman–Crippen LogP) is 4.49. The first-order valence-corrected chi connectivity index (χ1v) is 9.07. The van der Waals surface area contributed by atoms with Gasteiger partial charge in [0.2, 0.25) is 5.95 Å². The van der Waals surface area contributed by atoms with E-state index in [1.165, 1.54) is 12.4 Å². The van der Waals surface area contributed by atoms with Crippen molar-refractivity contribution in [3.05, 3.63) is 41.8 Å². The van der Waals surface area contributed by atoms with Gasteiger partial charge in [-0.1, -0.05) is 11.6 Å². The van der Waals surface area contributed by atoms with Crippen LogP contribution in [-0.4, -0.2) is 40.0 Å². The summed E-state index contributed by atoms with van der Waals surface area (Å²) in [5.74, 6) is -2.25. The van der Waals surface area contributed by atoms with Gasteiger partial charge in [0.25, 0.3) is 5.92 Å². The Morgan fingerprint density at radius 1 is 1.18 bits per heavy atom. The van der Waals surface area contributed by atoms with Crippen LogP contribution >= 0.6 is 11.6 Å². The monoisotopic (exact) mass is 406 g/mol. The number of rotatable bonds is 3. The van der Waals surface area contributed by atoms with Gasteiger partial charge in [-0.25, -0.2) is 23.5 Å². The molecular formula is C18H17ClF2N6O. The molecule has 1 fully saturated rings. The van der Waals surface area contributed by atoms with Crippen LogP contribution in [0.25, 0.3) is 10.9 Å². The predicted molar refractivity (Wildman–Crippen MR) is 104 cm³/mol. The Morgan fingerprint density at radius 2 is 1.89 bits per heavy atom. The number of hydrogen-bond acceptors (Lipinski definition) is 4. The number of fused-ring (bicyclic) bond motifs is 1. The topological polar surface area (TPSA) is 85.9 Å². The molecule has 0 atom stereocenters. The van der Waals surface area contributed by atoms with Crippen LogP contribution in [0.15, 0.2) is 36.8 Å². The van der Waals surface area contributed by atoms with E-state index in [9.17, 15) is 13.6 Å². The van der Waals surface area contributed by atoms with Crippen molar-refractivity contribution in [2.24, 2.45) is 0 Å². The van der Waals surface area contributed by atoms with Crippen LogP contribution in [0.5, 0.6) is 0 Å². The average molecular weight is 407 g/mol. The number of amides is 2. The molecule has 1 saturated heterocycles. The van der Waals surface area contributed by atoms with E-state index in [4.69, 9.17) is 11.6 Å². The maximum atomic E-state index is 13.2. The Bertz CT molecular complexity index is 997. The van der Waals surface area contributed by atoms with Gasteiger partial charge in [0.15, 0.2) is 0 Å². The summed E-state index contributed by atoms with van der Waals surface area (Å²) >= 11 is 6.00. The van der Waals surface area contributed by atoms with E-state index in [-0.39, 0.29) is 25.9 Å². The Hall–Kier alpha value is -2.94. The largest absolute Gasteiger partial charge is 0.359 e. The summed E-state index contributed by atoms with van der Waals surface area (Å²) in [7, 11) is 0. The average Bonchev–Trinajstić information content (AvgIpc) is 3.04. The Kier molecular flexibility index (Phi) is 4.76. The normalized spacial score (nSPS) is 16.2. The molecular weight excluding hydrogens is 390 g/mol. The maximum Gasteiger partial charge on any atom is 0.323 e. The lowest BCUT2D eigenvalue weighted by Crippen LogP contribution is -2.40. The Labute approximate surface area is 164 Å². The number of piperidine rings is 1. The molecule has 10 heteroatoms. The van der Waals surface area contributed by atoms with Crippen molar-refractivity contribution in [2.45, 2.75) is 18.8 Å². The first kappa shape index (κ1) is 18.4. The third-order valence-corrected chi connectivity index (χ3v) is 4.80. The lowest BCUT2D eigenvalue weighted by atomic mass is 10.1. The molecule has 7 nitrogen and oxygen atoms in total. The Morgan fingerprint density at radius 3 is 2.61 bits per heavy atom. The minimum Gasteiger partial charge on any atom is -0.359 e. The first-order valence-electron chi connectivity index (χ1n) is 8.69. The van der Waals surface area contributed by atoms with Crippen LogP contribution in [0, 0.1) is 0 Å². The molecule has 2 aromatic heterocycles. The second-order valence-electron chi connectivity index (χ2n) is 6.59. The fourth-order valence-electron chi connectivity index (χ4n) is 3.06. The number of alkyl halides is 2. The molecule has 0 spiro atoms. The number of carbonyl (C=O) groups is 1. The molecule has 1 aromatic carbocycles. The third-order valence-electron chi connectivity index (χ3n) is 4.57. The van der Waals surface area contributed by atoms with Crippen LogP contribution < -0.4 is 15.5 Å². The molecule has 4 rings (SSSR count). The van der Waals surface area contributed by atoms with E-state index in [0.29, 0.717) is 22.3 Å². The molecule has 3 N–H and O–H groups in total.